The maximum absolute atomic E-state index is 13.1. The van der Waals surface area contributed by atoms with Gasteiger partial charge in [0.15, 0.2) is 0 Å². The van der Waals surface area contributed by atoms with E-state index in [-0.39, 0.29) is 11.7 Å². The highest BCUT2D eigenvalue weighted by molar-refractivity contribution is 5.70. The van der Waals surface area contributed by atoms with E-state index in [1.165, 1.54) is 0 Å². The molecule has 6 heteroatoms. The molecule has 0 radical (unpaired) electrons. The second-order valence-electron chi connectivity index (χ2n) is 10.5. The van der Waals surface area contributed by atoms with Crippen LogP contribution in [0.1, 0.15) is 56.7 Å². The highest BCUT2D eigenvalue weighted by Crippen LogP contribution is 2.41. The van der Waals surface area contributed by atoms with Crippen molar-refractivity contribution in [3.63, 3.8) is 0 Å². The fraction of sp³-hybridized carbons (Fsp3) is 0.379. The summed E-state index contributed by atoms with van der Waals surface area (Å²) < 4.78 is 7.87. The number of aromatic nitrogens is 1. The van der Waals surface area contributed by atoms with E-state index >= 15 is 0 Å². The SMILES string of the molecule is CC(C)(O)CC1(c2ccccc2)CCN(Cc2ccc(-c3ccn(C4CC4)c(=O)c3)cc2)C(=O)O1. The molecule has 1 aliphatic heterocycles. The van der Waals surface area contributed by atoms with Gasteiger partial charge < -0.3 is 19.3 Å². The Labute approximate surface area is 205 Å². The lowest BCUT2D eigenvalue weighted by atomic mass is 9.80. The first-order valence-corrected chi connectivity index (χ1v) is 12.3. The molecule has 1 N–H and O–H groups in total. The van der Waals surface area contributed by atoms with E-state index in [0.717, 1.165) is 35.1 Å². The first kappa shape index (κ1) is 23.4. The normalized spacial score (nSPS) is 20.5. The molecule has 2 heterocycles. The van der Waals surface area contributed by atoms with E-state index in [9.17, 15) is 14.7 Å². The zero-order valence-electron chi connectivity index (χ0n) is 20.3. The standard InChI is InChI=1S/C29H32N2O4/c1-28(2,34)20-29(24-6-4-3-5-7-24)15-17-30(27(33)35-29)19-21-8-10-22(11-9-21)23-14-16-31(25-12-13-25)26(32)18-23/h3-11,14,16,18,25,34H,12-13,15,17,19-20H2,1-2H3. The number of ether oxygens (including phenoxy) is 1. The molecule has 5 rings (SSSR count). The molecule has 1 saturated heterocycles. The molecule has 1 aromatic heterocycles. The van der Waals surface area contributed by atoms with E-state index in [2.05, 4.69) is 0 Å². The summed E-state index contributed by atoms with van der Waals surface area (Å²) in [6.07, 6.45) is 4.60. The lowest BCUT2D eigenvalue weighted by Gasteiger charge is -2.44. The molecular weight excluding hydrogens is 440 g/mol. The third-order valence-corrected chi connectivity index (χ3v) is 6.89. The van der Waals surface area contributed by atoms with Gasteiger partial charge in [0.25, 0.3) is 5.56 Å². The molecule has 0 spiro atoms. The summed E-state index contributed by atoms with van der Waals surface area (Å²) in [6, 6.07) is 21.7. The highest BCUT2D eigenvalue weighted by atomic mass is 16.6. The summed E-state index contributed by atoms with van der Waals surface area (Å²) >= 11 is 0. The van der Waals surface area contributed by atoms with E-state index in [1.807, 2.05) is 71.4 Å². The van der Waals surface area contributed by atoms with Gasteiger partial charge in [-0.05, 0) is 55.0 Å². The van der Waals surface area contributed by atoms with E-state index in [1.54, 1.807) is 24.8 Å². The molecule has 1 atom stereocenters. The van der Waals surface area contributed by atoms with E-state index < -0.39 is 11.2 Å². The average Bonchev–Trinajstić information content (AvgIpc) is 3.66. The first-order chi connectivity index (χ1) is 16.7. The van der Waals surface area contributed by atoms with E-state index in [4.69, 9.17) is 4.74 Å². The Morgan fingerprint density at radius 1 is 1.00 bits per heavy atom. The van der Waals surface area contributed by atoms with Gasteiger partial charge in [0.05, 0.1) is 5.60 Å². The number of carbonyl (C=O) groups is 1. The fourth-order valence-electron chi connectivity index (χ4n) is 5.05. The van der Waals surface area contributed by atoms with Gasteiger partial charge in [0, 0.05) is 44.2 Å². The van der Waals surface area contributed by atoms with Crippen molar-refractivity contribution in [2.24, 2.45) is 0 Å². The summed E-state index contributed by atoms with van der Waals surface area (Å²) in [5.74, 6) is 0. The Morgan fingerprint density at radius 3 is 2.31 bits per heavy atom. The number of benzene rings is 2. The minimum Gasteiger partial charge on any atom is -0.438 e. The van der Waals surface area contributed by atoms with Crippen molar-refractivity contribution in [2.45, 2.75) is 63.3 Å². The van der Waals surface area contributed by atoms with Gasteiger partial charge in [-0.1, -0.05) is 54.6 Å². The first-order valence-electron chi connectivity index (χ1n) is 12.3. The molecule has 2 aliphatic rings. The minimum absolute atomic E-state index is 0.0399. The topological polar surface area (TPSA) is 71.8 Å². The Morgan fingerprint density at radius 2 is 1.71 bits per heavy atom. The number of rotatable bonds is 7. The molecule has 1 saturated carbocycles. The molecule has 0 bridgehead atoms. The lowest BCUT2D eigenvalue weighted by Crippen LogP contribution is -2.50. The molecule has 1 unspecified atom stereocenters. The van der Waals surface area contributed by atoms with Crippen molar-refractivity contribution in [3.8, 4) is 11.1 Å². The molecule has 6 nitrogen and oxygen atoms in total. The molecule has 182 valence electrons. The number of carbonyl (C=O) groups excluding carboxylic acids is 1. The zero-order valence-corrected chi connectivity index (χ0v) is 20.3. The van der Waals surface area contributed by atoms with Gasteiger partial charge in [-0.2, -0.15) is 0 Å². The monoisotopic (exact) mass is 472 g/mol. The molecule has 35 heavy (non-hydrogen) atoms. The van der Waals surface area contributed by atoms with Crippen LogP contribution in [0.15, 0.2) is 77.7 Å². The Hall–Kier alpha value is -3.38. The molecule has 2 aromatic carbocycles. The molecule has 3 aromatic rings. The van der Waals surface area contributed by atoms with Crippen molar-refractivity contribution in [1.29, 1.82) is 0 Å². The average molecular weight is 473 g/mol. The predicted octanol–water partition coefficient (Wildman–Crippen LogP) is 5.25. The molecular formula is C29H32N2O4. The van der Waals surface area contributed by atoms with Crippen LogP contribution in [0, 0.1) is 0 Å². The number of hydrogen-bond acceptors (Lipinski definition) is 4. The van der Waals surface area contributed by atoms with Crippen molar-refractivity contribution < 1.29 is 14.6 Å². The van der Waals surface area contributed by atoms with Crippen LogP contribution < -0.4 is 5.56 Å². The summed E-state index contributed by atoms with van der Waals surface area (Å²) in [6.45, 7) is 4.46. The van der Waals surface area contributed by atoms with Crippen LogP contribution in [0.4, 0.5) is 4.79 Å². The zero-order chi connectivity index (χ0) is 24.6. The van der Waals surface area contributed by atoms with Gasteiger partial charge >= 0.3 is 6.09 Å². The maximum atomic E-state index is 13.1. The van der Waals surface area contributed by atoms with Gasteiger partial charge in [-0.15, -0.1) is 0 Å². The summed E-state index contributed by atoms with van der Waals surface area (Å²) in [4.78, 5) is 27.2. The van der Waals surface area contributed by atoms with Crippen LogP contribution in [0.25, 0.3) is 11.1 Å². The van der Waals surface area contributed by atoms with Crippen molar-refractivity contribution in [3.05, 3.63) is 94.4 Å². The highest BCUT2D eigenvalue weighted by Gasteiger charge is 2.45. The van der Waals surface area contributed by atoms with E-state index in [0.29, 0.717) is 32.0 Å². The quantitative estimate of drug-likeness (QED) is 0.510. The van der Waals surface area contributed by atoms with Crippen molar-refractivity contribution in [2.75, 3.05) is 6.54 Å². The Bertz CT molecular complexity index is 1260. The molecule has 1 aliphatic carbocycles. The Kier molecular flexibility index (Phi) is 6.01. The summed E-state index contributed by atoms with van der Waals surface area (Å²) in [7, 11) is 0. The smallest absolute Gasteiger partial charge is 0.410 e. The van der Waals surface area contributed by atoms with Crippen molar-refractivity contribution in [1.82, 2.24) is 9.47 Å². The number of pyridine rings is 1. The van der Waals surface area contributed by atoms with Crippen LogP contribution in [0.2, 0.25) is 0 Å². The minimum atomic E-state index is -0.979. The fourth-order valence-corrected chi connectivity index (χ4v) is 5.05. The van der Waals surface area contributed by atoms with Crippen LogP contribution in [-0.4, -0.2) is 32.8 Å². The second kappa shape index (κ2) is 9.00. The third-order valence-electron chi connectivity index (χ3n) is 6.89. The van der Waals surface area contributed by atoms with Gasteiger partial charge in [-0.3, -0.25) is 4.79 Å². The number of hydrogen-bond donors (Lipinski definition) is 1. The summed E-state index contributed by atoms with van der Waals surface area (Å²) in [5.41, 5.74) is 1.98. The number of amides is 1. The van der Waals surface area contributed by atoms with Crippen LogP contribution >= 0.6 is 0 Å². The third kappa shape index (κ3) is 5.17. The number of aliphatic hydroxyl groups is 1. The van der Waals surface area contributed by atoms with Crippen molar-refractivity contribution >= 4 is 6.09 Å². The maximum Gasteiger partial charge on any atom is 0.410 e. The molecule has 2 fully saturated rings. The van der Waals surface area contributed by atoms with Gasteiger partial charge in [0.2, 0.25) is 0 Å². The van der Waals surface area contributed by atoms with Crippen LogP contribution in [0.5, 0.6) is 0 Å². The van der Waals surface area contributed by atoms with Crippen LogP contribution in [-0.2, 0) is 16.9 Å². The largest absolute Gasteiger partial charge is 0.438 e. The lowest BCUT2D eigenvalue weighted by molar-refractivity contribution is -0.0973. The number of nitrogens with zero attached hydrogens (tertiary/aromatic N) is 2. The number of cyclic esters (lactones) is 1. The van der Waals surface area contributed by atoms with Gasteiger partial charge in [0.1, 0.15) is 5.60 Å². The van der Waals surface area contributed by atoms with Crippen LogP contribution in [0.3, 0.4) is 0 Å². The summed E-state index contributed by atoms with van der Waals surface area (Å²) in [5, 5.41) is 10.5. The predicted molar refractivity (Wildman–Crippen MR) is 135 cm³/mol. The molecule has 1 amide bonds. The second-order valence-corrected chi connectivity index (χ2v) is 10.5. The van der Waals surface area contributed by atoms with Gasteiger partial charge in [-0.25, -0.2) is 4.79 Å². The Balaban J connectivity index is 1.29.